The zero-order chi connectivity index (χ0) is 15.9. The number of aryl methyl sites for hydroxylation is 1. The summed E-state index contributed by atoms with van der Waals surface area (Å²) in [5, 5.41) is 9.06. The number of amides is 1. The van der Waals surface area contributed by atoms with E-state index in [9.17, 15) is 9.59 Å². The van der Waals surface area contributed by atoms with E-state index in [0.717, 1.165) is 12.0 Å². The lowest BCUT2D eigenvalue weighted by Gasteiger charge is -2.20. The van der Waals surface area contributed by atoms with Crippen LogP contribution in [0, 0.1) is 0 Å². The highest BCUT2D eigenvalue weighted by molar-refractivity contribution is 5.96. The van der Waals surface area contributed by atoms with Gasteiger partial charge in [-0.15, -0.1) is 0 Å². The van der Waals surface area contributed by atoms with Crippen LogP contribution in [0.1, 0.15) is 35.0 Å². The van der Waals surface area contributed by atoms with E-state index in [4.69, 9.17) is 9.52 Å². The molecular weight excluding hydrogens is 282 g/mol. The van der Waals surface area contributed by atoms with E-state index < -0.39 is 5.97 Å². The van der Waals surface area contributed by atoms with Gasteiger partial charge in [-0.05, 0) is 18.1 Å². The summed E-state index contributed by atoms with van der Waals surface area (Å²) in [6.07, 6.45) is 2.98. The molecule has 0 saturated carbocycles. The van der Waals surface area contributed by atoms with Crippen LogP contribution in [-0.2, 0) is 17.8 Å². The van der Waals surface area contributed by atoms with Gasteiger partial charge in [0, 0.05) is 13.0 Å². The number of carboxylic acids is 1. The first-order valence-corrected chi connectivity index (χ1v) is 7.23. The lowest BCUT2D eigenvalue weighted by atomic mass is 10.1. The first kappa shape index (κ1) is 15.8. The first-order valence-electron chi connectivity index (χ1n) is 7.23. The van der Waals surface area contributed by atoms with Crippen molar-refractivity contribution in [1.82, 2.24) is 4.90 Å². The summed E-state index contributed by atoms with van der Waals surface area (Å²) in [5.74, 6) is -0.746. The highest BCUT2D eigenvalue weighted by Gasteiger charge is 2.22. The molecule has 0 aliphatic heterocycles. The summed E-state index contributed by atoms with van der Waals surface area (Å²) in [6, 6.07) is 10.9. The summed E-state index contributed by atoms with van der Waals surface area (Å²) in [7, 11) is 0. The molecule has 0 bridgehead atoms. The molecule has 0 fully saturated rings. The quantitative estimate of drug-likeness (QED) is 0.853. The van der Waals surface area contributed by atoms with E-state index >= 15 is 0 Å². The summed E-state index contributed by atoms with van der Waals surface area (Å²) in [4.78, 5) is 25.0. The molecule has 0 radical (unpaired) electrons. The smallest absolute Gasteiger partial charge is 0.323 e. The molecule has 1 amide bonds. The van der Waals surface area contributed by atoms with Gasteiger partial charge in [0.2, 0.25) is 0 Å². The second kappa shape index (κ2) is 7.45. The maximum absolute atomic E-state index is 12.6. The number of benzene rings is 1. The Morgan fingerprint density at radius 2 is 1.91 bits per heavy atom. The van der Waals surface area contributed by atoms with Gasteiger partial charge in [-0.1, -0.05) is 37.3 Å². The Labute approximate surface area is 129 Å². The Bertz CT molecular complexity index is 633. The molecule has 0 unspecified atom stereocenters. The average Bonchev–Trinajstić information content (AvgIpc) is 2.95. The third kappa shape index (κ3) is 3.97. The van der Waals surface area contributed by atoms with Crippen molar-refractivity contribution >= 4 is 11.9 Å². The number of carboxylic acid groups (broad SMARTS) is 1. The molecule has 0 saturated heterocycles. The van der Waals surface area contributed by atoms with Gasteiger partial charge in [-0.2, -0.15) is 0 Å². The molecule has 116 valence electrons. The molecule has 5 nitrogen and oxygen atoms in total. The minimum absolute atomic E-state index is 0.253. The molecule has 1 N–H and O–H groups in total. The van der Waals surface area contributed by atoms with Crippen LogP contribution >= 0.6 is 0 Å². The highest BCUT2D eigenvalue weighted by atomic mass is 16.4. The lowest BCUT2D eigenvalue weighted by Crippen LogP contribution is -2.35. The predicted octanol–water partition coefficient (Wildman–Crippen LogP) is 2.96. The SMILES string of the molecule is CCCc1occc1C(=O)N(CC(=O)O)Cc1ccccc1. The minimum Gasteiger partial charge on any atom is -0.480 e. The van der Waals surface area contributed by atoms with Crippen molar-refractivity contribution < 1.29 is 19.1 Å². The zero-order valence-electron chi connectivity index (χ0n) is 12.5. The molecule has 0 aliphatic rings. The Hall–Kier alpha value is -2.56. The van der Waals surface area contributed by atoms with Crippen LogP contribution in [0.5, 0.6) is 0 Å². The zero-order valence-corrected chi connectivity index (χ0v) is 12.5. The van der Waals surface area contributed by atoms with Crippen LogP contribution in [-0.4, -0.2) is 28.4 Å². The van der Waals surface area contributed by atoms with Crippen LogP contribution in [0.2, 0.25) is 0 Å². The summed E-state index contributed by atoms with van der Waals surface area (Å²) < 4.78 is 5.34. The van der Waals surface area contributed by atoms with E-state index in [-0.39, 0.29) is 19.0 Å². The van der Waals surface area contributed by atoms with Gasteiger partial charge in [0.15, 0.2) is 0 Å². The summed E-state index contributed by atoms with van der Waals surface area (Å²) in [6.45, 7) is 1.91. The number of hydrogen-bond acceptors (Lipinski definition) is 3. The number of aliphatic carboxylic acids is 1. The number of carbonyl (C=O) groups excluding carboxylic acids is 1. The van der Waals surface area contributed by atoms with Gasteiger partial charge in [-0.25, -0.2) is 0 Å². The Balaban J connectivity index is 2.22. The van der Waals surface area contributed by atoms with Gasteiger partial charge in [0.25, 0.3) is 5.91 Å². The second-order valence-electron chi connectivity index (χ2n) is 5.05. The molecule has 5 heteroatoms. The van der Waals surface area contributed by atoms with E-state index in [2.05, 4.69) is 0 Å². The van der Waals surface area contributed by atoms with Gasteiger partial charge in [-0.3, -0.25) is 9.59 Å². The topological polar surface area (TPSA) is 70.8 Å². The molecule has 1 aromatic carbocycles. The molecule has 1 aromatic heterocycles. The van der Waals surface area contributed by atoms with E-state index in [1.807, 2.05) is 37.3 Å². The number of furan rings is 1. The van der Waals surface area contributed by atoms with Crippen LogP contribution in [0.15, 0.2) is 47.1 Å². The van der Waals surface area contributed by atoms with E-state index in [1.54, 1.807) is 6.07 Å². The largest absolute Gasteiger partial charge is 0.480 e. The molecule has 2 rings (SSSR count). The van der Waals surface area contributed by atoms with Crippen molar-refractivity contribution in [3.05, 3.63) is 59.5 Å². The van der Waals surface area contributed by atoms with Gasteiger partial charge >= 0.3 is 5.97 Å². The minimum atomic E-state index is -1.04. The lowest BCUT2D eigenvalue weighted by molar-refractivity contribution is -0.137. The van der Waals surface area contributed by atoms with Crippen molar-refractivity contribution in [2.24, 2.45) is 0 Å². The number of carbonyl (C=O) groups is 2. The Kier molecular flexibility index (Phi) is 5.36. The Morgan fingerprint density at radius 1 is 1.18 bits per heavy atom. The number of hydrogen-bond donors (Lipinski definition) is 1. The fourth-order valence-electron chi connectivity index (χ4n) is 2.29. The molecule has 22 heavy (non-hydrogen) atoms. The van der Waals surface area contributed by atoms with Crippen LogP contribution in [0.3, 0.4) is 0 Å². The molecule has 1 heterocycles. The van der Waals surface area contributed by atoms with Crippen LogP contribution < -0.4 is 0 Å². The second-order valence-corrected chi connectivity index (χ2v) is 5.05. The standard InChI is InChI=1S/C17H19NO4/c1-2-6-15-14(9-10-22-15)17(21)18(12-16(19)20)11-13-7-4-3-5-8-13/h3-5,7-10H,2,6,11-12H2,1H3,(H,19,20). The third-order valence-corrected chi connectivity index (χ3v) is 3.28. The number of nitrogens with zero attached hydrogens (tertiary/aromatic N) is 1. The maximum Gasteiger partial charge on any atom is 0.323 e. The molecular formula is C17H19NO4. The van der Waals surface area contributed by atoms with E-state index in [0.29, 0.717) is 17.7 Å². The monoisotopic (exact) mass is 301 g/mol. The van der Waals surface area contributed by atoms with Crippen LogP contribution in [0.25, 0.3) is 0 Å². The third-order valence-electron chi connectivity index (χ3n) is 3.28. The molecule has 2 aromatic rings. The van der Waals surface area contributed by atoms with Crippen molar-refractivity contribution in [3.63, 3.8) is 0 Å². The fraction of sp³-hybridized carbons (Fsp3) is 0.294. The van der Waals surface area contributed by atoms with Crippen molar-refractivity contribution in [2.45, 2.75) is 26.3 Å². The molecule has 0 aliphatic carbocycles. The first-order chi connectivity index (χ1) is 10.6. The summed E-state index contributed by atoms with van der Waals surface area (Å²) >= 11 is 0. The predicted molar refractivity (Wildman–Crippen MR) is 81.5 cm³/mol. The van der Waals surface area contributed by atoms with Crippen molar-refractivity contribution in [1.29, 1.82) is 0 Å². The molecule has 0 atom stereocenters. The van der Waals surface area contributed by atoms with E-state index in [1.165, 1.54) is 11.2 Å². The molecule has 0 spiro atoms. The van der Waals surface area contributed by atoms with Crippen molar-refractivity contribution in [2.75, 3.05) is 6.54 Å². The Morgan fingerprint density at radius 3 is 2.55 bits per heavy atom. The fourth-order valence-corrected chi connectivity index (χ4v) is 2.29. The van der Waals surface area contributed by atoms with Crippen molar-refractivity contribution in [3.8, 4) is 0 Å². The normalized spacial score (nSPS) is 10.4. The average molecular weight is 301 g/mol. The van der Waals surface area contributed by atoms with Gasteiger partial charge in [0.05, 0.1) is 11.8 Å². The highest BCUT2D eigenvalue weighted by Crippen LogP contribution is 2.17. The van der Waals surface area contributed by atoms with Gasteiger partial charge < -0.3 is 14.4 Å². The summed E-state index contributed by atoms with van der Waals surface area (Å²) in [5.41, 5.74) is 1.33. The van der Waals surface area contributed by atoms with Gasteiger partial charge in [0.1, 0.15) is 12.3 Å². The number of rotatable bonds is 7. The van der Waals surface area contributed by atoms with Crippen LogP contribution in [0.4, 0.5) is 0 Å². The maximum atomic E-state index is 12.6.